The van der Waals surface area contributed by atoms with E-state index in [0.29, 0.717) is 34.9 Å². The second kappa shape index (κ2) is 8.94. The first-order chi connectivity index (χ1) is 15.8. The number of pyridine rings is 1. The molecule has 1 aromatic heterocycles. The van der Waals surface area contributed by atoms with Crippen molar-refractivity contribution in [3.05, 3.63) is 86.3 Å². The number of hydrogen-bond donors (Lipinski definition) is 2. The molecular formula is C26H26N2O5. The van der Waals surface area contributed by atoms with Gasteiger partial charge in [-0.25, -0.2) is 0 Å². The molecule has 1 aliphatic rings. The number of carbonyl (C=O) groups excluding carboxylic acids is 2. The van der Waals surface area contributed by atoms with Crippen molar-refractivity contribution in [1.82, 2.24) is 4.98 Å². The van der Waals surface area contributed by atoms with Gasteiger partial charge in [0.25, 0.3) is 11.5 Å². The van der Waals surface area contributed by atoms with Gasteiger partial charge in [-0.2, -0.15) is 0 Å². The molecular weight excluding hydrogens is 420 g/mol. The van der Waals surface area contributed by atoms with Crippen LogP contribution in [-0.4, -0.2) is 30.9 Å². The predicted molar refractivity (Wildman–Crippen MR) is 126 cm³/mol. The van der Waals surface area contributed by atoms with Crippen LogP contribution in [0.4, 0.5) is 5.69 Å². The largest absolute Gasteiger partial charge is 0.493 e. The van der Waals surface area contributed by atoms with E-state index in [4.69, 9.17) is 9.47 Å². The fraction of sp³-hybridized carbons (Fsp3) is 0.269. The molecule has 33 heavy (non-hydrogen) atoms. The maximum absolute atomic E-state index is 13.0. The van der Waals surface area contributed by atoms with Gasteiger partial charge in [0, 0.05) is 23.4 Å². The maximum atomic E-state index is 13.0. The van der Waals surface area contributed by atoms with Crippen molar-refractivity contribution in [3.63, 3.8) is 0 Å². The van der Waals surface area contributed by atoms with Gasteiger partial charge in [-0.15, -0.1) is 0 Å². The van der Waals surface area contributed by atoms with Crippen LogP contribution in [0.5, 0.6) is 11.5 Å². The number of ether oxygens (including phenoxy) is 2. The third-order valence-electron chi connectivity index (χ3n) is 5.91. The summed E-state index contributed by atoms with van der Waals surface area (Å²) in [6.07, 6.45) is 0.747. The van der Waals surface area contributed by atoms with E-state index in [-0.39, 0.29) is 23.7 Å². The van der Waals surface area contributed by atoms with Gasteiger partial charge in [0.1, 0.15) is 5.56 Å². The molecule has 3 aromatic rings. The molecule has 0 bridgehead atoms. The van der Waals surface area contributed by atoms with Crippen LogP contribution in [0.25, 0.3) is 0 Å². The smallest absolute Gasteiger partial charge is 0.261 e. The van der Waals surface area contributed by atoms with Crippen molar-refractivity contribution < 1.29 is 19.1 Å². The minimum absolute atomic E-state index is 0.0779. The zero-order chi connectivity index (χ0) is 23.7. The van der Waals surface area contributed by atoms with E-state index in [9.17, 15) is 14.4 Å². The molecule has 7 heteroatoms. The highest BCUT2D eigenvalue weighted by Crippen LogP contribution is 2.36. The second-order valence-electron chi connectivity index (χ2n) is 8.38. The monoisotopic (exact) mass is 446 g/mol. The average molecular weight is 447 g/mol. The zero-order valence-electron chi connectivity index (χ0n) is 19.1. The minimum atomic E-state index is -0.543. The van der Waals surface area contributed by atoms with E-state index in [1.54, 1.807) is 20.3 Å². The molecule has 0 saturated carbocycles. The Kier molecular flexibility index (Phi) is 6.05. The molecule has 0 fully saturated rings. The highest BCUT2D eigenvalue weighted by Gasteiger charge is 2.29. The minimum Gasteiger partial charge on any atom is -0.493 e. The van der Waals surface area contributed by atoms with Crippen molar-refractivity contribution in [2.24, 2.45) is 0 Å². The van der Waals surface area contributed by atoms with Crippen molar-refractivity contribution in [3.8, 4) is 11.5 Å². The van der Waals surface area contributed by atoms with Gasteiger partial charge in [-0.3, -0.25) is 14.4 Å². The van der Waals surface area contributed by atoms with Gasteiger partial charge >= 0.3 is 0 Å². The fourth-order valence-electron chi connectivity index (χ4n) is 4.39. The molecule has 0 radical (unpaired) electrons. The summed E-state index contributed by atoms with van der Waals surface area (Å²) < 4.78 is 10.7. The second-order valence-corrected chi connectivity index (χ2v) is 8.38. The molecule has 4 rings (SSSR count). The van der Waals surface area contributed by atoms with Crippen molar-refractivity contribution in [2.45, 2.75) is 32.6 Å². The molecule has 1 amide bonds. The third-order valence-corrected chi connectivity index (χ3v) is 5.91. The Bertz CT molecular complexity index is 1290. The molecule has 1 aliphatic carbocycles. The molecule has 7 nitrogen and oxygen atoms in total. The van der Waals surface area contributed by atoms with Gasteiger partial charge < -0.3 is 19.8 Å². The standard InChI is InChI=1S/C26H26N2O5/c1-14-7-15(2)9-18(8-14)27-25(30)20-13-19-21(28-26(20)31)10-17(11-22(19)29)16-5-6-23(32-3)24(12-16)33-4/h5-9,12-13,17H,10-11H2,1-4H3,(H,27,30)(H,28,31)/t17-/m1/s1. The number of carbonyl (C=O) groups is 2. The van der Waals surface area contributed by atoms with Gasteiger partial charge in [-0.05, 0) is 73.2 Å². The first-order valence-electron chi connectivity index (χ1n) is 10.7. The summed E-state index contributed by atoms with van der Waals surface area (Å²) in [5, 5.41) is 2.76. The number of methoxy groups -OCH3 is 2. The van der Waals surface area contributed by atoms with Crippen molar-refractivity contribution >= 4 is 17.4 Å². The lowest BCUT2D eigenvalue weighted by Crippen LogP contribution is -2.29. The Balaban J connectivity index is 1.62. The Morgan fingerprint density at radius 3 is 2.30 bits per heavy atom. The Labute approximate surface area is 191 Å². The van der Waals surface area contributed by atoms with E-state index in [2.05, 4.69) is 10.3 Å². The first-order valence-corrected chi connectivity index (χ1v) is 10.7. The molecule has 0 saturated heterocycles. The lowest BCUT2D eigenvalue weighted by molar-refractivity contribution is 0.0963. The SMILES string of the molecule is COc1ccc([C@H]2CC(=O)c3cc(C(=O)Nc4cc(C)cc(C)c4)c(=O)[nH]c3C2)cc1OC. The van der Waals surface area contributed by atoms with E-state index in [1.807, 2.05) is 44.2 Å². The number of fused-ring (bicyclic) bond motifs is 1. The van der Waals surface area contributed by atoms with Crippen LogP contribution in [0.3, 0.4) is 0 Å². The average Bonchev–Trinajstić information content (AvgIpc) is 2.77. The van der Waals surface area contributed by atoms with E-state index in [1.165, 1.54) is 6.07 Å². The number of nitrogens with one attached hydrogen (secondary N) is 2. The number of rotatable bonds is 5. The number of ketones is 1. The van der Waals surface area contributed by atoms with E-state index in [0.717, 1.165) is 16.7 Å². The normalized spacial score (nSPS) is 15.0. The van der Waals surface area contributed by atoms with Gasteiger partial charge in [0.15, 0.2) is 17.3 Å². The first kappa shape index (κ1) is 22.3. The number of H-pyrrole nitrogens is 1. The van der Waals surface area contributed by atoms with Gasteiger partial charge in [0.2, 0.25) is 0 Å². The summed E-state index contributed by atoms with van der Waals surface area (Å²) in [5.74, 6) is 0.416. The Hall–Kier alpha value is -3.87. The van der Waals surface area contributed by atoms with Crippen LogP contribution in [0.2, 0.25) is 0 Å². The van der Waals surface area contributed by atoms with Crippen LogP contribution >= 0.6 is 0 Å². The lowest BCUT2D eigenvalue weighted by Gasteiger charge is -2.24. The highest BCUT2D eigenvalue weighted by molar-refractivity contribution is 6.06. The van der Waals surface area contributed by atoms with Crippen molar-refractivity contribution in [2.75, 3.05) is 19.5 Å². The molecule has 2 aromatic carbocycles. The van der Waals surface area contributed by atoms with Crippen LogP contribution in [0.1, 0.15) is 55.4 Å². The molecule has 1 atom stereocenters. The molecule has 0 spiro atoms. The Morgan fingerprint density at radius 1 is 0.939 bits per heavy atom. The number of benzene rings is 2. The summed E-state index contributed by atoms with van der Waals surface area (Å²) in [4.78, 5) is 41.3. The quantitative estimate of drug-likeness (QED) is 0.613. The third kappa shape index (κ3) is 4.53. The lowest BCUT2D eigenvalue weighted by atomic mass is 9.81. The summed E-state index contributed by atoms with van der Waals surface area (Å²) in [5.41, 5.74) is 3.86. The number of aromatic amines is 1. The van der Waals surface area contributed by atoms with Gasteiger partial charge in [-0.1, -0.05) is 12.1 Å². The summed E-state index contributed by atoms with van der Waals surface area (Å²) >= 11 is 0. The fourth-order valence-corrected chi connectivity index (χ4v) is 4.39. The number of anilines is 1. The molecule has 1 heterocycles. The number of Topliss-reactive ketones (excluding diaryl/α,β-unsaturated/α-hetero) is 1. The number of amides is 1. The van der Waals surface area contributed by atoms with Crippen LogP contribution < -0.4 is 20.3 Å². The van der Waals surface area contributed by atoms with Gasteiger partial charge in [0.05, 0.1) is 14.2 Å². The topological polar surface area (TPSA) is 97.5 Å². The van der Waals surface area contributed by atoms with Crippen molar-refractivity contribution in [1.29, 1.82) is 0 Å². The zero-order valence-corrected chi connectivity index (χ0v) is 19.1. The summed E-state index contributed by atoms with van der Waals surface area (Å²) in [6, 6.07) is 12.6. The highest BCUT2D eigenvalue weighted by atomic mass is 16.5. The van der Waals surface area contributed by atoms with E-state index < -0.39 is 11.5 Å². The van der Waals surface area contributed by atoms with E-state index >= 15 is 0 Å². The van der Waals surface area contributed by atoms with Crippen LogP contribution in [-0.2, 0) is 6.42 Å². The number of aryl methyl sites for hydroxylation is 2. The predicted octanol–water partition coefficient (Wildman–Crippen LogP) is 4.17. The Morgan fingerprint density at radius 2 is 1.64 bits per heavy atom. The molecule has 170 valence electrons. The molecule has 0 unspecified atom stereocenters. The summed E-state index contributed by atoms with van der Waals surface area (Å²) in [7, 11) is 3.13. The van der Waals surface area contributed by atoms with Crippen LogP contribution in [0.15, 0.2) is 47.3 Å². The molecule has 2 N–H and O–H groups in total. The molecule has 0 aliphatic heterocycles. The summed E-state index contributed by atoms with van der Waals surface area (Å²) in [6.45, 7) is 3.86. The maximum Gasteiger partial charge on any atom is 0.261 e. The van der Waals surface area contributed by atoms with Crippen LogP contribution in [0, 0.1) is 13.8 Å². The number of aromatic nitrogens is 1. The number of hydrogen-bond acceptors (Lipinski definition) is 5.